The van der Waals surface area contributed by atoms with Crippen molar-refractivity contribution in [2.75, 3.05) is 6.54 Å². The molecule has 0 amide bonds. The van der Waals surface area contributed by atoms with Crippen molar-refractivity contribution < 1.29 is 0 Å². The van der Waals surface area contributed by atoms with Crippen LogP contribution in [-0.2, 0) is 13.1 Å². The second kappa shape index (κ2) is 6.22. The molecule has 0 aliphatic heterocycles. The summed E-state index contributed by atoms with van der Waals surface area (Å²) in [4.78, 5) is 7.85. The molecule has 0 radical (unpaired) electrons. The van der Waals surface area contributed by atoms with E-state index >= 15 is 0 Å². The molecule has 0 saturated carbocycles. The summed E-state index contributed by atoms with van der Waals surface area (Å²) in [6, 6.07) is 0. The van der Waals surface area contributed by atoms with Gasteiger partial charge in [-0.1, -0.05) is 13.8 Å². The average molecular weight is 275 g/mol. The molecule has 0 atom stereocenters. The number of H-pyrrole nitrogens is 1. The Labute approximate surface area is 120 Å². The van der Waals surface area contributed by atoms with Crippen molar-refractivity contribution in [2.24, 2.45) is 5.92 Å². The zero-order valence-corrected chi connectivity index (χ0v) is 13.1. The van der Waals surface area contributed by atoms with Crippen LogP contribution in [-0.4, -0.2) is 26.3 Å². The van der Waals surface area contributed by atoms with E-state index in [2.05, 4.69) is 48.1 Å². The summed E-state index contributed by atoms with van der Waals surface area (Å²) in [6.45, 7) is 13.3. The van der Waals surface area contributed by atoms with Crippen LogP contribution in [0.2, 0.25) is 0 Å². The topological polar surface area (TPSA) is 58.5 Å². The summed E-state index contributed by atoms with van der Waals surface area (Å²) in [5.41, 5.74) is 4.47. The van der Waals surface area contributed by atoms with Gasteiger partial charge in [-0.3, -0.25) is 4.68 Å². The van der Waals surface area contributed by atoms with Crippen LogP contribution in [0.4, 0.5) is 0 Å². The Balaban J connectivity index is 2.14. The summed E-state index contributed by atoms with van der Waals surface area (Å²) >= 11 is 0. The highest BCUT2D eigenvalue weighted by molar-refractivity contribution is 5.64. The van der Waals surface area contributed by atoms with Gasteiger partial charge in [0.05, 0.1) is 24.1 Å². The van der Waals surface area contributed by atoms with Gasteiger partial charge in [-0.25, -0.2) is 4.98 Å². The lowest BCUT2D eigenvalue weighted by atomic mass is 10.1. The number of rotatable bonds is 6. The van der Waals surface area contributed by atoms with Gasteiger partial charge in [0.15, 0.2) is 0 Å². The van der Waals surface area contributed by atoms with Gasteiger partial charge in [-0.15, -0.1) is 0 Å². The van der Waals surface area contributed by atoms with Crippen molar-refractivity contribution in [3.63, 3.8) is 0 Å². The molecule has 2 aromatic rings. The maximum Gasteiger partial charge on any atom is 0.120 e. The van der Waals surface area contributed by atoms with Gasteiger partial charge in [0, 0.05) is 17.8 Å². The standard InChI is InChI=1S/C15H25N5/c1-6-20-12(5)15(11(4)19-20)13-8-17-14(18-13)9-16-7-10(2)3/h8,10,16H,6-7,9H2,1-5H3,(H,17,18). The van der Waals surface area contributed by atoms with Gasteiger partial charge in [0.1, 0.15) is 5.82 Å². The monoisotopic (exact) mass is 275 g/mol. The molecule has 2 aromatic heterocycles. The largest absolute Gasteiger partial charge is 0.341 e. The minimum Gasteiger partial charge on any atom is -0.341 e. The van der Waals surface area contributed by atoms with Crippen molar-refractivity contribution in [3.8, 4) is 11.3 Å². The molecule has 2 rings (SSSR count). The smallest absolute Gasteiger partial charge is 0.120 e. The van der Waals surface area contributed by atoms with E-state index in [0.717, 1.165) is 36.8 Å². The Hall–Kier alpha value is -1.62. The fourth-order valence-corrected chi connectivity index (χ4v) is 2.45. The van der Waals surface area contributed by atoms with E-state index in [-0.39, 0.29) is 0 Å². The molecule has 110 valence electrons. The Morgan fingerprint density at radius 2 is 2.10 bits per heavy atom. The van der Waals surface area contributed by atoms with Gasteiger partial charge < -0.3 is 10.3 Å². The zero-order valence-electron chi connectivity index (χ0n) is 13.1. The third-order valence-corrected chi connectivity index (χ3v) is 3.42. The number of aromatic amines is 1. The highest BCUT2D eigenvalue weighted by atomic mass is 15.3. The lowest BCUT2D eigenvalue weighted by molar-refractivity contribution is 0.544. The van der Waals surface area contributed by atoms with Gasteiger partial charge in [0.2, 0.25) is 0 Å². The van der Waals surface area contributed by atoms with Crippen LogP contribution in [0.5, 0.6) is 0 Å². The van der Waals surface area contributed by atoms with Gasteiger partial charge in [0.25, 0.3) is 0 Å². The average Bonchev–Trinajstić information content (AvgIpc) is 2.94. The molecule has 0 saturated heterocycles. The van der Waals surface area contributed by atoms with E-state index in [1.165, 1.54) is 11.3 Å². The second-order valence-corrected chi connectivity index (χ2v) is 5.63. The van der Waals surface area contributed by atoms with E-state index in [1.807, 2.05) is 17.8 Å². The number of nitrogens with zero attached hydrogens (tertiary/aromatic N) is 3. The Kier molecular flexibility index (Phi) is 4.60. The lowest BCUT2D eigenvalue weighted by Crippen LogP contribution is -2.19. The van der Waals surface area contributed by atoms with Crippen LogP contribution < -0.4 is 5.32 Å². The second-order valence-electron chi connectivity index (χ2n) is 5.63. The Morgan fingerprint density at radius 1 is 1.35 bits per heavy atom. The zero-order chi connectivity index (χ0) is 14.7. The summed E-state index contributed by atoms with van der Waals surface area (Å²) in [5, 5.41) is 7.95. The number of imidazole rings is 1. The predicted octanol–water partition coefficient (Wildman–Crippen LogP) is 2.66. The molecule has 0 aromatic carbocycles. The van der Waals surface area contributed by atoms with Crippen LogP contribution in [0.3, 0.4) is 0 Å². The van der Waals surface area contributed by atoms with E-state index in [4.69, 9.17) is 0 Å². The molecule has 2 heterocycles. The van der Waals surface area contributed by atoms with Gasteiger partial charge >= 0.3 is 0 Å². The highest BCUT2D eigenvalue weighted by Crippen LogP contribution is 2.25. The molecule has 0 aliphatic rings. The molecule has 20 heavy (non-hydrogen) atoms. The first-order valence-electron chi connectivity index (χ1n) is 7.31. The van der Waals surface area contributed by atoms with Crippen molar-refractivity contribution in [3.05, 3.63) is 23.4 Å². The predicted molar refractivity (Wildman–Crippen MR) is 81.5 cm³/mol. The molecule has 0 aliphatic carbocycles. The van der Waals surface area contributed by atoms with Crippen molar-refractivity contribution in [1.82, 2.24) is 25.1 Å². The third kappa shape index (κ3) is 3.10. The Bertz CT molecular complexity index is 565. The van der Waals surface area contributed by atoms with Crippen molar-refractivity contribution in [2.45, 2.75) is 47.7 Å². The molecule has 0 spiro atoms. The summed E-state index contributed by atoms with van der Waals surface area (Å²) in [6.07, 6.45) is 1.91. The number of aryl methyl sites for hydroxylation is 2. The Morgan fingerprint density at radius 3 is 2.70 bits per heavy atom. The highest BCUT2D eigenvalue weighted by Gasteiger charge is 2.14. The molecule has 0 fully saturated rings. The number of aromatic nitrogens is 4. The van der Waals surface area contributed by atoms with Crippen LogP contribution in [0.25, 0.3) is 11.3 Å². The fraction of sp³-hybridized carbons (Fsp3) is 0.600. The van der Waals surface area contributed by atoms with E-state index in [1.54, 1.807) is 0 Å². The van der Waals surface area contributed by atoms with Crippen molar-refractivity contribution in [1.29, 1.82) is 0 Å². The molecular formula is C15H25N5. The first kappa shape index (κ1) is 14.8. The van der Waals surface area contributed by atoms with Crippen LogP contribution >= 0.6 is 0 Å². The molecule has 5 nitrogen and oxygen atoms in total. The maximum atomic E-state index is 4.55. The van der Waals surface area contributed by atoms with E-state index < -0.39 is 0 Å². The normalized spacial score (nSPS) is 11.5. The third-order valence-electron chi connectivity index (χ3n) is 3.42. The minimum atomic E-state index is 0.650. The molecular weight excluding hydrogens is 250 g/mol. The lowest BCUT2D eigenvalue weighted by Gasteiger charge is -2.05. The SMILES string of the molecule is CCn1nc(C)c(-c2cnc(CNCC(C)C)[nH]2)c1C. The van der Waals surface area contributed by atoms with Gasteiger partial charge in [-0.2, -0.15) is 5.10 Å². The summed E-state index contributed by atoms with van der Waals surface area (Å²) in [5.74, 6) is 1.63. The summed E-state index contributed by atoms with van der Waals surface area (Å²) < 4.78 is 2.03. The quantitative estimate of drug-likeness (QED) is 0.852. The molecule has 0 bridgehead atoms. The first-order valence-corrected chi connectivity index (χ1v) is 7.31. The molecule has 5 heteroatoms. The van der Waals surface area contributed by atoms with Crippen LogP contribution in [0.15, 0.2) is 6.20 Å². The molecule has 0 unspecified atom stereocenters. The van der Waals surface area contributed by atoms with Gasteiger partial charge in [-0.05, 0) is 33.2 Å². The fourth-order valence-electron chi connectivity index (χ4n) is 2.45. The van der Waals surface area contributed by atoms with E-state index in [0.29, 0.717) is 5.92 Å². The van der Waals surface area contributed by atoms with Crippen molar-refractivity contribution >= 4 is 0 Å². The summed E-state index contributed by atoms with van der Waals surface area (Å²) in [7, 11) is 0. The maximum absolute atomic E-state index is 4.55. The number of nitrogens with one attached hydrogen (secondary N) is 2. The first-order chi connectivity index (χ1) is 9.52. The number of hydrogen-bond donors (Lipinski definition) is 2. The molecule has 2 N–H and O–H groups in total. The minimum absolute atomic E-state index is 0.650. The van der Waals surface area contributed by atoms with Crippen LogP contribution in [0, 0.1) is 19.8 Å². The van der Waals surface area contributed by atoms with Crippen LogP contribution in [0.1, 0.15) is 38.0 Å². The van der Waals surface area contributed by atoms with E-state index in [9.17, 15) is 0 Å². The number of hydrogen-bond acceptors (Lipinski definition) is 3.